The van der Waals surface area contributed by atoms with Gasteiger partial charge in [0.15, 0.2) is 0 Å². The molecule has 6 heteroatoms. The average molecular weight is 319 g/mol. The number of phenols is 1. The van der Waals surface area contributed by atoms with Crippen molar-refractivity contribution in [3.8, 4) is 34.2 Å². The van der Waals surface area contributed by atoms with Crippen molar-refractivity contribution in [1.82, 2.24) is 14.8 Å². The second-order valence-electron chi connectivity index (χ2n) is 5.79. The molecule has 1 aromatic carbocycles. The van der Waals surface area contributed by atoms with Gasteiger partial charge in [-0.3, -0.25) is 4.68 Å². The third kappa shape index (κ3) is 2.57. The number of nitriles is 1. The zero-order valence-corrected chi connectivity index (χ0v) is 13.7. The molecule has 0 aliphatic carbocycles. The monoisotopic (exact) mass is 319 g/mol. The number of nitrogens with zero attached hydrogens (tertiary/aromatic N) is 4. The molecule has 3 N–H and O–H groups in total. The first-order chi connectivity index (χ1) is 11.4. The molecule has 0 atom stereocenters. The van der Waals surface area contributed by atoms with Crippen molar-refractivity contribution in [3.63, 3.8) is 0 Å². The first-order valence-electron chi connectivity index (χ1n) is 7.41. The Labute approximate surface area is 139 Å². The van der Waals surface area contributed by atoms with Gasteiger partial charge >= 0.3 is 0 Å². The Morgan fingerprint density at radius 1 is 1.17 bits per heavy atom. The Morgan fingerprint density at radius 2 is 1.83 bits per heavy atom. The van der Waals surface area contributed by atoms with Gasteiger partial charge in [-0.25, -0.2) is 4.98 Å². The van der Waals surface area contributed by atoms with Crippen LogP contribution in [-0.4, -0.2) is 19.9 Å². The normalized spacial score (nSPS) is 10.6. The van der Waals surface area contributed by atoms with Crippen LogP contribution in [-0.2, 0) is 7.05 Å². The SMILES string of the molecule is Cc1cc(-c2cc(-c3cnn(C)c3)nc(N)c2C#N)cc(C)c1O. The quantitative estimate of drug-likeness (QED) is 0.756. The molecule has 2 heterocycles. The number of nitrogen functional groups attached to an aromatic ring is 1. The van der Waals surface area contributed by atoms with Crippen LogP contribution >= 0.6 is 0 Å². The van der Waals surface area contributed by atoms with Crippen molar-refractivity contribution < 1.29 is 5.11 Å². The number of hydrogen-bond donors (Lipinski definition) is 2. The van der Waals surface area contributed by atoms with Crippen LogP contribution in [0.3, 0.4) is 0 Å². The fourth-order valence-electron chi connectivity index (χ4n) is 2.72. The molecule has 6 nitrogen and oxygen atoms in total. The molecule has 24 heavy (non-hydrogen) atoms. The average Bonchev–Trinajstić information content (AvgIpc) is 2.98. The highest BCUT2D eigenvalue weighted by Crippen LogP contribution is 2.34. The summed E-state index contributed by atoms with van der Waals surface area (Å²) in [6, 6.07) is 7.64. The maximum atomic E-state index is 9.98. The van der Waals surface area contributed by atoms with E-state index in [1.165, 1.54) is 0 Å². The standard InChI is InChI=1S/C18H17N5O/c1-10-4-12(5-11(2)17(10)24)14-6-16(13-8-21-23(3)9-13)22-18(20)15(14)7-19/h4-6,8-9,24H,1-3H3,(H2,20,22). The summed E-state index contributed by atoms with van der Waals surface area (Å²) >= 11 is 0. The lowest BCUT2D eigenvalue weighted by molar-refractivity contribution is 0.467. The molecule has 0 bridgehead atoms. The molecule has 0 amide bonds. The summed E-state index contributed by atoms with van der Waals surface area (Å²) in [6.07, 6.45) is 3.54. The molecule has 0 aliphatic rings. The third-order valence-electron chi connectivity index (χ3n) is 3.96. The highest BCUT2D eigenvalue weighted by atomic mass is 16.3. The van der Waals surface area contributed by atoms with Gasteiger partial charge < -0.3 is 10.8 Å². The zero-order chi connectivity index (χ0) is 17.4. The summed E-state index contributed by atoms with van der Waals surface area (Å²) in [5.41, 5.74) is 10.8. The van der Waals surface area contributed by atoms with E-state index in [1.807, 2.05) is 45.3 Å². The maximum absolute atomic E-state index is 9.98. The number of phenolic OH excluding ortho intramolecular Hbond substituents is 1. The predicted molar refractivity (Wildman–Crippen MR) is 92.1 cm³/mol. The van der Waals surface area contributed by atoms with Crippen LogP contribution in [0.25, 0.3) is 22.4 Å². The second kappa shape index (κ2) is 5.70. The Balaban J connectivity index is 2.27. The largest absolute Gasteiger partial charge is 0.507 e. The number of aryl methyl sites for hydroxylation is 3. The molecule has 0 aliphatic heterocycles. The number of pyridine rings is 1. The molecule has 3 aromatic rings. The Kier molecular flexibility index (Phi) is 3.70. The van der Waals surface area contributed by atoms with E-state index < -0.39 is 0 Å². The van der Waals surface area contributed by atoms with E-state index in [0.29, 0.717) is 16.8 Å². The Bertz CT molecular complexity index is 959. The van der Waals surface area contributed by atoms with Crippen LogP contribution in [0.4, 0.5) is 5.82 Å². The molecule has 2 aromatic heterocycles. The second-order valence-corrected chi connectivity index (χ2v) is 5.79. The molecule has 0 spiro atoms. The van der Waals surface area contributed by atoms with Crippen LogP contribution in [0.1, 0.15) is 16.7 Å². The van der Waals surface area contributed by atoms with Crippen LogP contribution < -0.4 is 5.73 Å². The van der Waals surface area contributed by atoms with E-state index in [2.05, 4.69) is 16.2 Å². The smallest absolute Gasteiger partial charge is 0.142 e. The van der Waals surface area contributed by atoms with Gasteiger partial charge in [-0.1, -0.05) is 0 Å². The minimum absolute atomic E-state index is 0.178. The molecule has 0 fully saturated rings. The fraction of sp³-hybridized carbons (Fsp3) is 0.167. The highest BCUT2D eigenvalue weighted by molar-refractivity contribution is 5.81. The lowest BCUT2D eigenvalue weighted by Gasteiger charge is -2.12. The molecular weight excluding hydrogens is 302 g/mol. The van der Waals surface area contributed by atoms with E-state index in [-0.39, 0.29) is 11.6 Å². The molecule has 0 saturated heterocycles. The molecule has 0 unspecified atom stereocenters. The zero-order valence-electron chi connectivity index (χ0n) is 13.7. The number of anilines is 1. The summed E-state index contributed by atoms with van der Waals surface area (Å²) in [5, 5.41) is 23.6. The van der Waals surface area contributed by atoms with Crippen molar-refractivity contribution in [3.05, 3.63) is 47.3 Å². The van der Waals surface area contributed by atoms with Crippen molar-refractivity contribution in [2.75, 3.05) is 5.73 Å². The van der Waals surface area contributed by atoms with Gasteiger partial charge in [0.1, 0.15) is 23.2 Å². The minimum atomic E-state index is 0.178. The first-order valence-corrected chi connectivity index (χ1v) is 7.41. The van der Waals surface area contributed by atoms with E-state index in [9.17, 15) is 10.4 Å². The van der Waals surface area contributed by atoms with E-state index >= 15 is 0 Å². The van der Waals surface area contributed by atoms with Crippen molar-refractivity contribution in [1.29, 1.82) is 5.26 Å². The molecule has 0 saturated carbocycles. The van der Waals surface area contributed by atoms with Crippen LogP contribution in [0.2, 0.25) is 0 Å². The summed E-state index contributed by atoms with van der Waals surface area (Å²) in [4.78, 5) is 4.33. The van der Waals surface area contributed by atoms with Crippen LogP contribution in [0, 0.1) is 25.2 Å². The van der Waals surface area contributed by atoms with Gasteiger partial charge in [-0.2, -0.15) is 10.4 Å². The van der Waals surface area contributed by atoms with Gasteiger partial charge in [0.05, 0.1) is 11.9 Å². The lowest BCUT2D eigenvalue weighted by atomic mass is 9.95. The van der Waals surface area contributed by atoms with E-state index in [0.717, 1.165) is 22.3 Å². The van der Waals surface area contributed by atoms with Crippen molar-refractivity contribution in [2.24, 2.45) is 7.05 Å². The van der Waals surface area contributed by atoms with Gasteiger partial charge in [0.25, 0.3) is 0 Å². The van der Waals surface area contributed by atoms with Gasteiger partial charge in [-0.15, -0.1) is 0 Å². The number of rotatable bonds is 2. The van der Waals surface area contributed by atoms with Gasteiger partial charge in [-0.05, 0) is 48.7 Å². The lowest BCUT2D eigenvalue weighted by Crippen LogP contribution is -2.00. The van der Waals surface area contributed by atoms with Crippen LogP contribution in [0.15, 0.2) is 30.6 Å². The highest BCUT2D eigenvalue weighted by Gasteiger charge is 2.15. The topological polar surface area (TPSA) is 101 Å². The van der Waals surface area contributed by atoms with Gasteiger partial charge in [0, 0.05) is 24.4 Å². The van der Waals surface area contributed by atoms with Crippen LogP contribution in [0.5, 0.6) is 5.75 Å². The summed E-state index contributed by atoms with van der Waals surface area (Å²) in [7, 11) is 1.82. The van der Waals surface area contributed by atoms with Crippen molar-refractivity contribution in [2.45, 2.75) is 13.8 Å². The third-order valence-corrected chi connectivity index (χ3v) is 3.96. The number of nitrogens with two attached hydrogens (primary N) is 1. The fourth-order valence-corrected chi connectivity index (χ4v) is 2.72. The number of benzene rings is 1. The number of aromatic nitrogens is 3. The van der Waals surface area contributed by atoms with E-state index in [4.69, 9.17) is 5.73 Å². The molecule has 120 valence electrons. The number of hydrogen-bond acceptors (Lipinski definition) is 5. The molecule has 0 radical (unpaired) electrons. The first kappa shape index (κ1) is 15.6. The molecular formula is C18H17N5O. The van der Waals surface area contributed by atoms with Gasteiger partial charge in [0.2, 0.25) is 0 Å². The van der Waals surface area contributed by atoms with E-state index in [1.54, 1.807) is 10.9 Å². The summed E-state index contributed by atoms with van der Waals surface area (Å²) < 4.78 is 1.68. The van der Waals surface area contributed by atoms with Crippen molar-refractivity contribution >= 4 is 5.82 Å². The minimum Gasteiger partial charge on any atom is -0.507 e. The number of aromatic hydroxyl groups is 1. The summed E-state index contributed by atoms with van der Waals surface area (Å²) in [5.74, 6) is 0.434. The Morgan fingerprint density at radius 3 is 2.38 bits per heavy atom. The predicted octanol–water partition coefficient (Wildman–Crippen LogP) is 2.93. The molecule has 3 rings (SSSR count). The Hall–Kier alpha value is -3.33. The maximum Gasteiger partial charge on any atom is 0.142 e. The summed E-state index contributed by atoms with van der Waals surface area (Å²) in [6.45, 7) is 3.65.